The van der Waals surface area contributed by atoms with E-state index < -0.39 is 35.0 Å². The van der Waals surface area contributed by atoms with Crippen LogP contribution < -0.4 is 18.9 Å². The third kappa shape index (κ3) is 4.86. The number of ether oxygens (including phenoxy) is 7. The maximum Gasteiger partial charge on any atom is 0.432 e. The summed E-state index contributed by atoms with van der Waals surface area (Å²) in [5.74, 6) is -0.353. The molecule has 0 aliphatic carbocycles. The molecule has 0 fully saturated rings. The molecule has 3 aromatic rings. The fraction of sp³-hybridized carbons (Fsp3) is 0.429. The standard InChI is InChI=1S/C28H30F3NO8/c1-26(2,36-5)20(40-25(33)27(37-6,28(29,30)31)16-10-8-7-9-11-16)14-18-22(34-3)17-12-13-19-23(39-15-38-19)21(17)32-24(18)35-4/h7-13,20H,14-15H2,1-6H3/t20-,27+/m0/s1. The van der Waals surface area contributed by atoms with Crippen LogP contribution in [0.25, 0.3) is 10.9 Å². The van der Waals surface area contributed by atoms with E-state index in [4.69, 9.17) is 33.2 Å². The second-order valence-corrected chi connectivity index (χ2v) is 9.48. The van der Waals surface area contributed by atoms with E-state index in [2.05, 4.69) is 4.98 Å². The van der Waals surface area contributed by atoms with Crippen LogP contribution in [0.15, 0.2) is 42.5 Å². The zero-order valence-electron chi connectivity index (χ0n) is 22.9. The van der Waals surface area contributed by atoms with E-state index in [1.54, 1.807) is 26.0 Å². The highest BCUT2D eigenvalue weighted by Gasteiger charge is 2.64. The molecular formula is C28H30F3NO8. The molecule has 4 rings (SSSR count). The minimum absolute atomic E-state index is 0.0183. The van der Waals surface area contributed by atoms with Gasteiger partial charge in [-0.15, -0.1) is 0 Å². The molecule has 12 heteroatoms. The molecule has 2 heterocycles. The lowest BCUT2D eigenvalue weighted by atomic mass is 9.91. The largest absolute Gasteiger partial charge is 0.496 e. The summed E-state index contributed by atoms with van der Waals surface area (Å²) >= 11 is 0. The van der Waals surface area contributed by atoms with Crippen molar-refractivity contribution in [3.8, 4) is 23.1 Å². The van der Waals surface area contributed by atoms with Crippen molar-refractivity contribution in [3.05, 3.63) is 53.6 Å². The minimum atomic E-state index is -5.15. The third-order valence-electron chi connectivity index (χ3n) is 7.01. The molecule has 2 aromatic carbocycles. The first-order valence-electron chi connectivity index (χ1n) is 12.2. The number of halogens is 3. The van der Waals surface area contributed by atoms with Crippen LogP contribution in [0.1, 0.15) is 25.0 Å². The fourth-order valence-electron chi connectivity index (χ4n) is 4.61. The van der Waals surface area contributed by atoms with Crippen molar-refractivity contribution in [1.82, 2.24) is 4.98 Å². The molecule has 0 unspecified atom stereocenters. The molecule has 2 atom stereocenters. The van der Waals surface area contributed by atoms with Gasteiger partial charge in [-0.3, -0.25) is 0 Å². The lowest BCUT2D eigenvalue weighted by Gasteiger charge is -2.38. The van der Waals surface area contributed by atoms with E-state index in [0.29, 0.717) is 33.7 Å². The molecule has 0 spiro atoms. The van der Waals surface area contributed by atoms with Gasteiger partial charge in [0.2, 0.25) is 12.7 Å². The van der Waals surface area contributed by atoms with Crippen molar-refractivity contribution in [3.63, 3.8) is 0 Å². The maximum atomic E-state index is 14.6. The number of alkyl halides is 3. The van der Waals surface area contributed by atoms with E-state index in [1.165, 1.54) is 39.5 Å². The predicted molar refractivity (Wildman–Crippen MR) is 137 cm³/mol. The van der Waals surface area contributed by atoms with E-state index in [9.17, 15) is 18.0 Å². The minimum Gasteiger partial charge on any atom is -0.496 e. The van der Waals surface area contributed by atoms with Crippen molar-refractivity contribution in [1.29, 1.82) is 0 Å². The molecule has 1 aromatic heterocycles. The molecule has 0 saturated carbocycles. The Morgan fingerprint density at radius 1 is 0.975 bits per heavy atom. The number of carbonyl (C=O) groups excluding carboxylic acids is 1. The molecule has 9 nitrogen and oxygen atoms in total. The number of methoxy groups -OCH3 is 4. The summed E-state index contributed by atoms with van der Waals surface area (Å²) in [4.78, 5) is 18.1. The summed E-state index contributed by atoms with van der Waals surface area (Å²) < 4.78 is 82.1. The van der Waals surface area contributed by atoms with Crippen LogP contribution in [0.2, 0.25) is 0 Å². The lowest BCUT2D eigenvalue weighted by Crippen LogP contribution is -2.54. The van der Waals surface area contributed by atoms with Gasteiger partial charge in [0.1, 0.15) is 17.4 Å². The Balaban J connectivity index is 1.83. The Hall–Kier alpha value is -3.77. The Morgan fingerprint density at radius 3 is 2.25 bits per heavy atom. The molecule has 1 aliphatic rings. The van der Waals surface area contributed by atoms with Gasteiger partial charge in [0.05, 0.1) is 25.4 Å². The number of pyridine rings is 1. The Bertz CT molecular complexity index is 1380. The maximum absolute atomic E-state index is 14.6. The molecule has 0 bridgehead atoms. The summed E-state index contributed by atoms with van der Waals surface area (Å²) in [6.45, 7) is 3.19. The summed E-state index contributed by atoms with van der Waals surface area (Å²) in [6, 6.07) is 9.99. The van der Waals surface area contributed by atoms with Crippen molar-refractivity contribution in [2.24, 2.45) is 0 Å². The van der Waals surface area contributed by atoms with E-state index in [0.717, 1.165) is 19.2 Å². The van der Waals surface area contributed by atoms with Gasteiger partial charge in [-0.05, 0) is 26.0 Å². The second kappa shape index (κ2) is 11.0. The average Bonchev–Trinajstić information content (AvgIpc) is 3.42. The first kappa shape index (κ1) is 29.2. The second-order valence-electron chi connectivity index (χ2n) is 9.48. The predicted octanol–water partition coefficient (Wildman–Crippen LogP) is 4.96. The molecule has 0 saturated heterocycles. The zero-order chi connectivity index (χ0) is 29.3. The number of benzene rings is 2. The first-order chi connectivity index (χ1) is 18.9. The number of fused-ring (bicyclic) bond motifs is 3. The van der Waals surface area contributed by atoms with E-state index >= 15 is 0 Å². The van der Waals surface area contributed by atoms with Gasteiger partial charge in [0.15, 0.2) is 11.5 Å². The monoisotopic (exact) mass is 565 g/mol. The molecule has 216 valence electrons. The van der Waals surface area contributed by atoms with Crippen molar-refractivity contribution >= 4 is 16.9 Å². The Kier molecular flexibility index (Phi) is 8.04. The summed E-state index contributed by atoms with van der Waals surface area (Å²) in [6.07, 6.45) is -6.60. The van der Waals surface area contributed by atoms with Gasteiger partial charge >= 0.3 is 12.1 Å². The van der Waals surface area contributed by atoms with Gasteiger partial charge < -0.3 is 33.2 Å². The number of carbonyl (C=O) groups is 1. The average molecular weight is 566 g/mol. The summed E-state index contributed by atoms with van der Waals surface area (Å²) in [5, 5.41) is 0.536. The normalized spacial score (nSPS) is 15.4. The first-order valence-corrected chi connectivity index (χ1v) is 12.2. The lowest BCUT2D eigenvalue weighted by molar-refractivity contribution is -0.281. The Labute approximate surface area is 229 Å². The molecule has 40 heavy (non-hydrogen) atoms. The van der Waals surface area contributed by atoms with Crippen LogP contribution in [0, 0.1) is 0 Å². The SMILES string of the molecule is COc1nc2c3c(ccc2c(OC)c1C[C@H](OC(=O)[C@](OC)(c1ccccc1)C(F)(F)F)C(C)(C)OC)OCO3. The van der Waals surface area contributed by atoms with Crippen LogP contribution in [0.5, 0.6) is 23.1 Å². The number of hydrogen-bond donors (Lipinski definition) is 0. The van der Waals surface area contributed by atoms with E-state index in [1.807, 2.05) is 0 Å². The molecule has 0 radical (unpaired) electrons. The van der Waals surface area contributed by atoms with Crippen LogP contribution in [-0.2, 0) is 31.0 Å². The molecule has 0 N–H and O–H groups in total. The van der Waals surface area contributed by atoms with Crippen LogP contribution in [-0.4, -0.2) is 64.1 Å². The summed E-state index contributed by atoms with van der Waals surface area (Å²) in [7, 11) is 4.98. The van der Waals surface area contributed by atoms with Crippen LogP contribution in [0.3, 0.4) is 0 Å². The van der Waals surface area contributed by atoms with E-state index in [-0.39, 0.29) is 19.1 Å². The Morgan fingerprint density at radius 2 is 1.68 bits per heavy atom. The highest BCUT2D eigenvalue weighted by Crippen LogP contribution is 2.46. The molecule has 1 aliphatic heterocycles. The summed E-state index contributed by atoms with van der Waals surface area (Å²) in [5.41, 5.74) is -4.33. The van der Waals surface area contributed by atoms with Crippen molar-refractivity contribution in [2.45, 2.75) is 43.8 Å². The number of rotatable bonds is 10. The highest BCUT2D eigenvalue weighted by atomic mass is 19.4. The third-order valence-corrected chi connectivity index (χ3v) is 7.01. The van der Waals surface area contributed by atoms with Gasteiger partial charge in [0, 0.05) is 31.6 Å². The smallest absolute Gasteiger partial charge is 0.432 e. The van der Waals surface area contributed by atoms with Crippen LogP contribution in [0.4, 0.5) is 13.2 Å². The molecule has 0 amide bonds. The van der Waals surface area contributed by atoms with Crippen molar-refractivity contribution < 1.29 is 51.1 Å². The number of hydrogen-bond acceptors (Lipinski definition) is 9. The number of esters is 1. The highest BCUT2D eigenvalue weighted by molar-refractivity contribution is 5.94. The fourth-order valence-corrected chi connectivity index (χ4v) is 4.61. The van der Waals surface area contributed by atoms with Gasteiger partial charge in [-0.25, -0.2) is 9.78 Å². The molecular weight excluding hydrogens is 535 g/mol. The van der Waals surface area contributed by atoms with Gasteiger partial charge in [-0.2, -0.15) is 13.2 Å². The van der Waals surface area contributed by atoms with Gasteiger partial charge in [-0.1, -0.05) is 30.3 Å². The van der Waals surface area contributed by atoms with Crippen molar-refractivity contribution in [2.75, 3.05) is 35.2 Å². The number of nitrogens with zero attached hydrogens (tertiary/aromatic N) is 1. The van der Waals surface area contributed by atoms with Crippen LogP contribution >= 0.6 is 0 Å². The zero-order valence-corrected chi connectivity index (χ0v) is 22.9. The quantitative estimate of drug-likeness (QED) is 0.316. The van der Waals surface area contributed by atoms with Gasteiger partial charge in [0.25, 0.3) is 5.60 Å². The topological polar surface area (TPSA) is 94.6 Å². The number of aromatic nitrogens is 1.